The van der Waals surface area contributed by atoms with E-state index in [1.165, 1.54) is 0 Å². The third-order valence-corrected chi connectivity index (χ3v) is 4.12. The molecule has 0 bridgehead atoms. The maximum absolute atomic E-state index is 4.76. The molecule has 0 aliphatic carbocycles. The van der Waals surface area contributed by atoms with E-state index < -0.39 is 0 Å². The normalized spacial score (nSPS) is 10.5. The molecule has 0 radical (unpaired) electrons. The first-order chi connectivity index (χ1) is 9.75. The molecule has 0 aromatic carbocycles. The summed E-state index contributed by atoms with van der Waals surface area (Å²) < 4.78 is 0. The molecule has 3 aromatic rings. The predicted octanol–water partition coefficient (Wildman–Crippen LogP) is 3.33. The topological polar surface area (TPSA) is 41.9 Å². The van der Waals surface area contributed by atoms with E-state index in [-0.39, 0.29) is 0 Å². The van der Waals surface area contributed by atoms with Crippen LogP contribution in [0.25, 0.3) is 22.0 Å². The number of nitrogens with zero attached hydrogens (tertiary/aromatic N) is 4. The fourth-order valence-corrected chi connectivity index (χ4v) is 2.91. The van der Waals surface area contributed by atoms with Crippen LogP contribution in [0, 0.1) is 0 Å². The smallest absolute Gasteiger partial charge is 0.126 e. The molecule has 20 heavy (non-hydrogen) atoms. The lowest BCUT2D eigenvalue weighted by Gasteiger charge is -2.10. The van der Waals surface area contributed by atoms with Gasteiger partial charge in [0.15, 0.2) is 0 Å². The molecule has 4 nitrogen and oxygen atoms in total. The monoisotopic (exact) mass is 282 g/mol. The predicted molar refractivity (Wildman–Crippen MR) is 82.9 cm³/mol. The molecule has 3 heterocycles. The van der Waals surface area contributed by atoms with E-state index >= 15 is 0 Å². The maximum atomic E-state index is 4.76. The highest BCUT2D eigenvalue weighted by Crippen LogP contribution is 2.38. The number of pyridine rings is 2. The van der Waals surface area contributed by atoms with Crippen molar-refractivity contribution in [2.75, 3.05) is 19.0 Å². The van der Waals surface area contributed by atoms with Crippen LogP contribution < -0.4 is 4.90 Å². The highest BCUT2D eigenvalue weighted by molar-refractivity contribution is 7.19. The summed E-state index contributed by atoms with van der Waals surface area (Å²) in [6, 6.07) is 9.82. The molecule has 3 rings (SSSR count). The van der Waals surface area contributed by atoms with Crippen LogP contribution in [-0.4, -0.2) is 29.0 Å². The molecule has 0 unspecified atom stereocenters. The number of aromatic nitrogens is 3. The Kier molecular flexibility index (Phi) is 3.43. The molecule has 0 N–H and O–H groups in total. The van der Waals surface area contributed by atoms with Gasteiger partial charge in [-0.25, -0.2) is 4.98 Å². The highest BCUT2D eigenvalue weighted by Gasteiger charge is 2.16. The minimum absolute atomic E-state index is 0.896. The van der Waals surface area contributed by atoms with Gasteiger partial charge in [-0.05, 0) is 24.3 Å². The molecular formula is C15H14N4S. The van der Waals surface area contributed by atoms with Crippen molar-refractivity contribution >= 4 is 16.3 Å². The zero-order valence-corrected chi connectivity index (χ0v) is 12.1. The zero-order valence-electron chi connectivity index (χ0n) is 11.3. The summed E-state index contributed by atoms with van der Waals surface area (Å²) in [6.07, 6.45) is 5.36. The van der Waals surface area contributed by atoms with E-state index in [0.717, 1.165) is 27.0 Å². The first kappa shape index (κ1) is 12.7. The van der Waals surface area contributed by atoms with Crippen LogP contribution >= 0.6 is 11.3 Å². The van der Waals surface area contributed by atoms with Gasteiger partial charge in [-0.2, -0.15) is 0 Å². The van der Waals surface area contributed by atoms with Crippen molar-refractivity contribution < 1.29 is 0 Å². The van der Waals surface area contributed by atoms with Crippen molar-refractivity contribution in [3.63, 3.8) is 0 Å². The Morgan fingerprint density at radius 3 is 2.45 bits per heavy atom. The van der Waals surface area contributed by atoms with Crippen LogP contribution in [0.3, 0.4) is 0 Å². The summed E-state index contributed by atoms with van der Waals surface area (Å²) in [4.78, 5) is 15.3. The zero-order chi connectivity index (χ0) is 13.9. The van der Waals surface area contributed by atoms with Crippen molar-refractivity contribution in [3.05, 3.63) is 48.9 Å². The summed E-state index contributed by atoms with van der Waals surface area (Å²) in [5, 5.41) is 2.09. The highest BCUT2D eigenvalue weighted by atomic mass is 32.1. The van der Waals surface area contributed by atoms with Crippen molar-refractivity contribution in [2.24, 2.45) is 0 Å². The quantitative estimate of drug-likeness (QED) is 0.739. The third-order valence-electron chi connectivity index (χ3n) is 2.85. The van der Waals surface area contributed by atoms with E-state index in [1.807, 2.05) is 44.4 Å². The second-order valence-corrected chi connectivity index (χ2v) is 5.50. The lowest BCUT2D eigenvalue weighted by molar-refractivity contribution is 1.14. The van der Waals surface area contributed by atoms with Crippen LogP contribution in [0.2, 0.25) is 0 Å². The number of anilines is 1. The second kappa shape index (κ2) is 5.38. The molecule has 3 aromatic heterocycles. The Balaban J connectivity index is 2.13. The van der Waals surface area contributed by atoms with E-state index in [9.17, 15) is 0 Å². The van der Waals surface area contributed by atoms with Gasteiger partial charge in [0, 0.05) is 38.2 Å². The molecular weight excluding hydrogens is 268 g/mol. The summed E-state index contributed by atoms with van der Waals surface area (Å²) in [5.74, 6) is 0. The summed E-state index contributed by atoms with van der Waals surface area (Å²) >= 11 is 1.66. The van der Waals surface area contributed by atoms with Crippen LogP contribution in [0.4, 0.5) is 5.00 Å². The maximum Gasteiger partial charge on any atom is 0.126 e. The largest absolute Gasteiger partial charge is 0.368 e. The molecule has 0 fully saturated rings. The standard InChI is InChI=1S/C15H14N4S/c1-19(2)15-13(12-5-3-4-8-17-12)18-14(20-15)11-6-9-16-10-7-11/h3-10H,1-2H3. The molecule has 0 saturated carbocycles. The SMILES string of the molecule is CN(C)c1sc(-c2ccncc2)nc1-c1ccccn1. The first-order valence-corrected chi connectivity index (χ1v) is 7.07. The fourth-order valence-electron chi connectivity index (χ4n) is 1.90. The van der Waals surface area contributed by atoms with Crippen molar-refractivity contribution in [2.45, 2.75) is 0 Å². The fraction of sp³-hybridized carbons (Fsp3) is 0.133. The van der Waals surface area contributed by atoms with E-state index in [1.54, 1.807) is 29.9 Å². The van der Waals surface area contributed by atoms with Gasteiger partial charge in [-0.1, -0.05) is 17.4 Å². The van der Waals surface area contributed by atoms with Gasteiger partial charge in [0.25, 0.3) is 0 Å². The van der Waals surface area contributed by atoms with Gasteiger partial charge in [0.2, 0.25) is 0 Å². The number of hydrogen-bond acceptors (Lipinski definition) is 5. The van der Waals surface area contributed by atoms with Crippen molar-refractivity contribution in [1.29, 1.82) is 0 Å². The number of rotatable bonds is 3. The molecule has 0 saturated heterocycles. The van der Waals surface area contributed by atoms with Crippen LogP contribution in [0.15, 0.2) is 48.9 Å². The molecule has 0 amide bonds. The molecule has 0 aliphatic heterocycles. The molecule has 0 atom stereocenters. The lowest BCUT2D eigenvalue weighted by atomic mass is 10.2. The number of thiazole rings is 1. The van der Waals surface area contributed by atoms with Gasteiger partial charge in [-0.15, -0.1) is 0 Å². The van der Waals surface area contributed by atoms with Gasteiger partial charge in [0.05, 0.1) is 5.69 Å². The van der Waals surface area contributed by atoms with Gasteiger partial charge < -0.3 is 4.90 Å². The Hall–Kier alpha value is -2.27. The van der Waals surface area contributed by atoms with Crippen molar-refractivity contribution in [3.8, 4) is 22.0 Å². The molecule has 100 valence electrons. The van der Waals surface area contributed by atoms with E-state index in [0.29, 0.717) is 0 Å². The van der Waals surface area contributed by atoms with Crippen molar-refractivity contribution in [1.82, 2.24) is 15.0 Å². The Morgan fingerprint density at radius 2 is 1.80 bits per heavy atom. The minimum atomic E-state index is 0.896. The lowest BCUT2D eigenvalue weighted by Crippen LogP contribution is -2.08. The van der Waals surface area contributed by atoms with Gasteiger partial charge in [-0.3, -0.25) is 9.97 Å². The Labute approximate surface area is 121 Å². The molecule has 0 aliphatic rings. The average molecular weight is 282 g/mol. The van der Waals surface area contributed by atoms with Gasteiger partial charge >= 0.3 is 0 Å². The Bertz CT molecular complexity index is 692. The van der Waals surface area contributed by atoms with Gasteiger partial charge in [0.1, 0.15) is 15.7 Å². The van der Waals surface area contributed by atoms with E-state index in [2.05, 4.69) is 14.9 Å². The Morgan fingerprint density at radius 1 is 1.00 bits per heavy atom. The van der Waals surface area contributed by atoms with Crippen LogP contribution in [0.5, 0.6) is 0 Å². The summed E-state index contributed by atoms with van der Waals surface area (Å²) in [7, 11) is 4.05. The third kappa shape index (κ3) is 2.40. The van der Waals surface area contributed by atoms with E-state index in [4.69, 9.17) is 4.98 Å². The van der Waals surface area contributed by atoms with Crippen LogP contribution in [-0.2, 0) is 0 Å². The molecule has 5 heteroatoms. The first-order valence-electron chi connectivity index (χ1n) is 6.25. The summed E-state index contributed by atoms with van der Waals surface area (Å²) in [6.45, 7) is 0. The minimum Gasteiger partial charge on any atom is -0.368 e. The second-order valence-electron chi connectivity index (χ2n) is 4.52. The van der Waals surface area contributed by atoms with Crippen LogP contribution in [0.1, 0.15) is 0 Å². The summed E-state index contributed by atoms with van der Waals surface area (Å²) in [5.41, 5.74) is 2.90. The average Bonchev–Trinajstić information content (AvgIpc) is 2.94. The molecule has 0 spiro atoms. The number of hydrogen-bond donors (Lipinski definition) is 0.